The molecule has 0 heterocycles. The number of fused-ring (bicyclic) bond motifs is 1. The second-order valence-electron chi connectivity index (χ2n) is 9.22. The van der Waals surface area contributed by atoms with Crippen LogP contribution < -0.4 is 5.73 Å². The summed E-state index contributed by atoms with van der Waals surface area (Å²) < 4.78 is 0. The van der Waals surface area contributed by atoms with E-state index in [2.05, 4.69) is 73.7 Å². The molecule has 2 nitrogen and oxygen atoms in total. The molecule has 1 saturated carbocycles. The molecular weight excluding hydrogens is 366 g/mol. The van der Waals surface area contributed by atoms with Gasteiger partial charge in [-0.1, -0.05) is 77.9 Å². The monoisotopic (exact) mass is 401 g/mol. The SMILES string of the molecule is Cc1cccc(CCC=C[C@@H]2[C@H]3CC(CCc4cccc(CN)c4)=C[C@H]3C[C@H]2O)c1. The number of hydrogen-bond donors (Lipinski definition) is 2. The molecule has 0 saturated heterocycles. The van der Waals surface area contributed by atoms with Crippen molar-refractivity contribution in [3.05, 3.63) is 94.6 Å². The molecule has 1 fully saturated rings. The Bertz CT molecular complexity index is 912. The lowest BCUT2D eigenvalue weighted by Crippen LogP contribution is -2.17. The van der Waals surface area contributed by atoms with Crippen LogP contribution in [0.5, 0.6) is 0 Å². The fraction of sp³-hybridized carbons (Fsp3) is 0.429. The molecule has 0 aromatic heterocycles. The van der Waals surface area contributed by atoms with E-state index in [-0.39, 0.29) is 6.10 Å². The average Bonchev–Trinajstić information content (AvgIpc) is 3.26. The third-order valence-electron chi connectivity index (χ3n) is 6.95. The topological polar surface area (TPSA) is 46.2 Å². The summed E-state index contributed by atoms with van der Waals surface area (Å²) in [6.07, 6.45) is 13.3. The Hall–Kier alpha value is -2.16. The van der Waals surface area contributed by atoms with E-state index >= 15 is 0 Å². The fourth-order valence-corrected chi connectivity index (χ4v) is 5.38. The average molecular weight is 402 g/mol. The van der Waals surface area contributed by atoms with Crippen LogP contribution in [0, 0.1) is 24.7 Å². The van der Waals surface area contributed by atoms with Crippen molar-refractivity contribution in [2.75, 3.05) is 0 Å². The van der Waals surface area contributed by atoms with E-state index in [0.717, 1.165) is 38.5 Å². The standard InChI is InChI=1S/C28H35NO/c1-20-6-4-8-21(14-20)7-2-3-11-26-27-17-23(16-25(27)18-28(26)30)13-12-22-9-5-10-24(15-22)19-29/h3-6,8-11,14-16,25-28,30H,2,7,12-13,17-19,29H2,1H3/t25-,26+,27-,28+/m0/s1. The Morgan fingerprint density at radius 3 is 2.57 bits per heavy atom. The summed E-state index contributed by atoms with van der Waals surface area (Å²) in [6.45, 7) is 2.75. The van der Waals surface area contributed by atoms with Crippen LogP contribution in [0.25, 0.3) is 0 Å². The summed E-state index contributed by atoms with van der Waals surface area (Å²) in [5.41, 5.74) is 12.7. The minimum atomic E-state index is -0.186. The maximum absolute atomic E-state index is 10.6. The van der Waals surface area contributed by atoms with Crippen LogP contribution in [0.3, 0.4) is 0 Å². The number of aryl methyl sites for hydroxylation is 3. The number of rotatable bonds is 8. The lowest BCUT2D eigenvalue weighted by atomic mass is 9.88. The van der Waals surface area contributed by atoms with Gasteiger partial charge in [0.05, 0.1) is 6.10 Å². The third kappa shape index (κ3) is 5.11. The summed E-state index contributed by atoms with van der Waals surface area (Å²) in [7, 11) is 0. The van der Waals surface area contributed by atoms with Crippen LogP contribution in [0.15, 0.2) is 72.3 Å². The maximum atomic E-state index is 10.6. The van der Waals surface area contributed by atoms with Crippen molar-refractivity contribution in [1.29, 1.82) is 0 Å². The van der Waals surface area contributed by atoms with E-state index < -0.39 is 0 Å². The largest absolute Gasteiger partial charge is 0.392 e. The summed E-state index contributed by atoms with van der Waals surface area (Å²) in [4.78, 5) is 0. The van der Waals surface area contributed by atoms with Crippen molar-refractivity contribution in [1.82, 2.24) is 0 Å². The van der Waals surface area contributed by atoms with Crippen molar-refractivity contribution in [2.45, 2.75) is 58.1 Å². The Morgan fingerprint density at radius 2 is 1.77 bits per heavy atom. The van der Waals surface area contributed by atoms with Crippen LogP contribution >= 0.6 is 0 Å². The Labute approximate surface area is 181 Å². The van der Waals surface area contributed by atoms with Gasteiger partial charge in [-0.2, -0.15) is 0 Å². The first kappa shape index (κ1) is 21.1. The van der Waals surface area contributed by atoms with Gasteiger partial charge in [-0.3, -0.25) is 0 Å². The van der Waals surface area contributed by atoms with Gasteiger partial charge >= 0.3 is 0 Å². The highest BCUT2D eigenvalue weighted by Crippen LogP contribution is 2.48. The number of allylic oxidation sites excluding steroid dienone is 3. The van der Waals surface area contributed by atoms with Gasteiger partial charge in [-0.25, -0.2) is 0 Å². The van der Waals surface area contributed by atoms with Gasteiger partial charge in [0.15, 0.2) is 0 Å². The molecule has 0 amide bonds. The molecule has 0 aliphatic heterocycles. The third-order valence-corrected chi connectivity index (χ3v) is 6.95. The minimum Gasteiger partial charge on any atom is -0.392 e. The molecule has 2 aromatic rings. The number of aliphatic hydroxyl groups excluding tert-OH is 1. The smallest absolute Gasteiger partial charge is 0.0611 e. The molecule has 2 heteroatoms. The Balaban J connectivity index is 1.29. The zero-order chi connectivity index (χ0) is 20.9. The predicted octanol–water partition coefficient (Wildman–Crippen LogP) is 5.52. The Kier molecular flexibility index (Phi) is 6.86. The van der Waals surface area contributed by atoms with Gasteiger partial charge in [0.25, 0.3) is 0 Å². The van der Waals surface area contributed by atoms with E-state index in [1.807, 2.05) is 0 Å². The molecule has 4 rings (SSSR count). The molecule has 2 aromatic carbocycles. The highest BCUT2D eigenvalue weighted by atomic mass is 16.3. The van der Waals surface area contributed by atoms with E-state index in [1.54, 1.807) is 5.57 Å². The van der Waals surface area contributed by atoms with Gasteiger partial charge in [-0.05, 0) is 74.0 Å². The van der Waals surface area contributed by atoms with Gasteiger partial charge in [0.2, 0.25) is 0 Å². The fourth-order valence-electron chi connectivity index (χ4n) is 5.38. The molecule has 0 unspecified atom stereocenters. The normalized spacial score (nSPS) is 25.6. The van der Waals surface area contributed by atoms with E-state index in [4.69, 9.17) is 5.73 Å². The summed E-state index contributed by atoms with van der Waals surface area (Å²) in [6, 6.07) is 17.4. The lowest BCUT2D eigenvalue weighted by Gasteiger charge is -2.18. The van der Waals surface area contributed by atoms with Crippen LogP contribution in [0.4, 0.5) is 0 Å². The van der Waals surface area contributed by atoms with Crippen molar-refractivity contribution >= 4 is 0 Å². The number of hydrogen-bond acceptors (Lipinski definition) is 2. The van der Waals surface area contributed by atoms with E-state index in [1.165, 1.54) is 22.3 Å². The predicted molar refractivity (Wildman–Crippen MR) is 125 cm³/mol. The van der Waals surface area contributed by atoms with Gasteiger partial charge in [0, 0.05) is 12.5 Å². The molecule has 2 aliphatic rings. The lowest BCUT2D eigenvalue weighted by molar-refractivity contribution is 0.141. The van der Waals surface area contributed by atoms with E-state index in [9.17, 15) is 5.11 Å². The van der Waals surface area contributed by atoms with Gasteiger partial charge < -0.3 is 10.8 Å². The van der Waals surface area contributed by atoms with Gasteiger partial charge in [-0.15, -0.1) is 0 Å². The summed E-state index contributed by atoms with van der Waals surface area (Å²) in [5.74, 6) is 1.44. The first-order valence-corrected chi connectivity index (χ1v) is 11.5. The Morgan fingerprint density at radius 1 is 1.00 bits per heavy atom. The highest BCUT2D eigenvalue weighted by Gasteiger charge is 2.43. The van der Waals surface area contributed by atoms with Crippen molar-refractivity contribution in [2.24, 2.45) is 23.5 Å². The number of aliphatic hydroxyl groups is 1. The number of benzene rings is 2. The van der Waals surface area contributed by atoms with Crippen molar-refractivity contribution in [3.8, 4) is 0 Å². The molecule has 0 bridgehead atoms. The molecule has 0 spiro atoms. The minimum absolute atomic E-state index is 0.186. The van der Waals surface area contributed by atoms with Crippen molar-refractivity contribution in [3.63, 3.8) is 0 Å². The molecule has 4 atom stereocenters. The van der Waals surface area contributed by atoms with Crippen LogP contribution in [-0.2, 0) is 19.4 Å². The second-order valence-corrected chi connectivity index (χ2v) is 9.22. The zero-order valence-electron chi connectivity index (χ0n) is 18.1. The van der Waals surface area contributed by atoms with Crippen LogP contribution in [-0.4, -0.2) is 11.2 Å². The zero-order valence-corrected chi connectivity index (χ0v) is 18.1. The van der Waals surface area contributed by atoms with Crippen molar-refractivity contribution < 1.29 is 5.11 Å². The molecular formula is C28H35NO. The van der Waals surface area contributed by atoms with E-state index in [0.29, 0.717) is 24.3 Å². The summed E-state index contributed by atoms with van der Waals surface area (Å²) >= 11 is 0. The first-order chi connectivity index (χ1) is 14.6. The molecule has 0 radical (unpaired) electrons. The highest BCUT2D eigenvalue weighted by molar-refractivity contribution is 5.26. The molecule has 30 heavy (non-hydrogen) atoms. The quantitative estimate of drug-likeness (QED) is 0.572. The second kappa shape index (κ2) is 9.76. The molecule has 158 valence electrons. The van der Waals surface area contributed by atoms with Gasteiger partial charge in [0.1, 0.15) is 0 Å². The summed E-state index contributed by atoms with van der Waals surface area (Å²) in [5, 5.41) is 10.6. The van der Waals surface area contributed by atoms with Crippen LogP contribution in [0.1, 0.15) is 47.9 Å². The van der Waals surface area contributed by atoms with Crippen LogP contribution in [0.2, 0.25) is 0 Å². The molecule has 2 aliphatic carbocycles. The first-order valence-electron chi connectivity index (χ1n) is 11.5. The number of nitrogens with two attached hydrogens (primary N) is 1. The maximum Gasteiger partial charge on any atom is 0.0611 e. The molecule has 3 N–H and O–H groups in total.